The number of nitrogens with zero attached hydrogens (tertiary/aromatic N) is 2. The van der Waals surface area contributed by atoms with Crippen LogP contribution in [0.5, 0.6) is 0 Å². The Labute approximate surface area is 112 Å². The standard InChI is InChI=1S/C14H30N2O2/c1-4-6-15-7-9-16(10-8-15)11-13-18-14(2,3)5-12-17/h17H,4-13H2,1-3H3. The van der Waals surface area contributed by atoms with Crippen molar-refractivity contribution in [3.05, 3.63) is 0 Å². The van der Waals surface area contributed by atoms with Gasteiger partial charge in [-0.3, -0.25) is 4.90 Å². The molecule has 0 aromatic rings. The molecule has 0 saturated carbocycles. The minimum Gasteiger partial charge on any atom is -0.396 e. The van der Waals surface area contributed by atoms with Gasteiger partial charge in [-0.1, -0.05) is 6.92 Å². The first kappa shape index (κ1) is 15.9. The first-order valence-electron chi connectivity index (χ1n) is 7.27. The highest BCUT2D eigenvalue weighted by Gasteiger charge is 2.19. The SMILES string of the molecule is CCCN1CCN(CCOC(C)(C)CCO)CC1. The van der Waals surface area contributed by atoms with Crippen molar-refractivity contribution in [1.82, 2.24) is 9.80 Å². The van der Waals surface area contributed by atoms with Gasteiger partial charge in [0.2, 0.25) is 0 Å². The van der Waals surface area contributed by atoms with Crippen molar-refractivity contribution in [1.29, 1.82) is 0 Å². The van der Waals surface area contributed by atoms with Crippen molar-refractivity contribution >= 4 is 0 Å². The van der Waals surface area contributed by atoms with Gasteiger partial charge >= 0.3 is 0 Å². The van der Waals surface area contributed by atoms with Crippen LogP contribution in [0.25, 0.3) is 0 Å². The van der Waals surface area contributed by atoms with Gasteiger partial charge in [-0.2, -0.15) is 0 Å². The second-order valence-electron chi connectivity index (χ2n) is 5.77. The molecule has 4 heteroatoms. The zero-order valence-electron chi connectivity index (χ0n) is 12.3. The Morgan fingerprint density at radius 3 is 2.11 bits per heavy atom. The van der Waals surface area contributed by atoms with Crippen molar-refractivity contribution in [2.24, 2.45) is 0 Å². The first-order valence-corrected chi connectivity index (χ1v) is 7.27. The van der Waals surface area contributed by atoms with E-state index in [-0.39, 0.29) is 12.2 Å². The summed E-state index contributed by atoms with van der Waals surface area (Å²) in [7, 11) is 0. The number of aliphatic hydroxyl groups excluding tert-OH is 1. The Bertz CT molecular complexity index is 214. The van der Waals surface area contributed by atoms with Crippen LogP contribution in [-0.2, 0) is 4.74 Å². The molecule has 0 spiro atoms. The summed E-state index contributed by atoms with van der Waals surface area (Å²) in [6, 6.07) is 0. The molecule has 0 aromatic heterocycles. The van der Waals surface area contributed by atoms with Crippen molar-refractivity contribution in [2.75, 3.05) is 52.5 Å². The van der Waals surface area contributed by atoms with Crippen LogP contribution >= 0.6 is 0 Å². The molecule has 1 heterocycles. The normalized spacial score (nSPS) is 19.3. The van der Waals surface area contributed by atoms with Gasteiger partial charge in [0, 0.05) is 39.3 Å². The maximum absolute atomic E-state index is 8.93. The van der Waals surface area contributed by atoms with E-state index < -0.39 is 0 Å². The molecule has 18 heavy (non-hydrogen) atoms. The highest BCUT2D eigenvalue weighted by molar-refractivity contribution is 4.72. The quantitative estimate of drug-likeness (QED) is 0.709. The number of aliphatic hydroxyl groups is 1. The molecule has 1 rings (SSSR count). The topological polar surface area (TPSA) is 35.9 Å². The van der Waals surface area contributed by atoms with Gasteiger partial charge in [0.05, 0.1) is 12.2 Å². The Kier molecular flexibility index (Phi) is 7.15. The molecule has 1 N–H and O–H groups in total. The van der Waals surface area contributed by atoms with Crippen molar-refractivity contribution in [2.45, 2.75) is 39.2 Å². The fourth-order valence-corrected chi connectivity index (χ4v) is 2.35. The van der Waals surface area contributed by atoms with Crippen LogP contribution < -0.4 is 0 Å². The average molecular weight is 258 g/mol. The van der Waals surface area contributed by atoms with Crippen LogP contribution in [-0.4, -0.2) is 73.0 Å². The van der Waals surface area contributed by atoms with Gasteiger partial charge in [-0.25, -0.2) is 0 Å². The summed E-state index contributed by atoms with van der Waals surface area (Å²) in [5.74, 6) is 0. The fraction of sp³-hybridized carbons (Fsp3) is 1.00. The molecule has 0 bridgehead atoms. The van der Waals surface area contributed by atoms with Crippen LogP contribution in [0.1, 0.15) is 33.6 Å². The summed E-state index contributed by atoms with van der Waals surface area (Å²) >= 11 is 0. The van der Waals surface area contributed by atoms with E-state index >= 15 is 0 Å². The monoisotopic (exact) mass is 258 g/mol. The fourth-order valence-electron chi connectivity index (χ4n) is 2.35. The lowest BCUT2D eigenvalue weighted by atomic mass is 10.1. The summed E-state index contributed by atoms with van der Waals surface area (Å²) in [5.41, 5.74) is -0.196. The summed E-state index contributed by atoms with van der Waals surface area (Å²) in [4.78, 5) is 5.01. The Balaban J connectivity index is 2.11. The zero-order chi connectivity index (χ0) is 13.4. The first-order chi connectivity index (χ1) is 8.57. The average Bonchev–Trinajstić information content (AvgIpc) is 2.31. The molecule has 1 aliphatic heterocycles. The highest BCUT2D eigenvalue weighted by atomic mass is 16.5. The number of hydrogen-bond acceptors (Lipinski definition) is 4. The van der Waals surface area contributed by atoms with E-state index in [9.17, 15) is 0 Å². The Morgan fingerprint density at radius 1 is 1.06 bits per heavy atom. The smallest absolute Gasteiger partial charge is 0.0649 e. The van der Waals surface area contributed by atoms with E-state index in [4.69, 9.17) is 9.84 Å². The molecule has 0 unspecified atom stereocenters. The van der Waals surface area contributed by atoms with Crippen LogP contribution in [0, 0.1) is 0 Å². The predicted molar refractivity (Wildman–Crippen MR) is 74.9 cm³/mol. The van der Waals surface area contributed by atoms with Crippen LogP contribution in [0.3, 0.4) is 0 Å². The third-order valence-corrected chi connectivity index (χ3v) is 3.62. The zero-order valence-corrected chi connectivity index (χ0v) is 12.3. The minimum atomic E-state index is -0.196. The van der Waals surface area contributed by atoms with Crippen molar-refractivity contribution in [3.8, 4) is 0 Å². The van der Waals surface area contributed by atoms with Crippen molar-refractivity contribution < 1.29 is 9.84 Å². The minimum absolute atomic E-state index is 0.196. The van der Waals surface area contributed by atoms with Gasteiger partial charge in [0.25, 0.3) is 0 Å². The van der Waals surface area contributed by atoms with Crippen LogP contribution in [0.2, 0.25) is 0 Å². The molecule has 0 aromatic carbocycles. The molecule has 0 aliphatic carbocycles. The summed E-state index contributed by atoms with van der Waals surface area (Å²) in [5, 5.41) is 8.93. The number of hydrogen-bond donors (Lipinski definition) is 1. The van der Waals surface area contributed by atoms with E-state index in [1.54, 1.807) is 0 Å². The molecular weight excluding hydrogens is 228 g/mol. The van der Waals surface area contributed by atoms with Gasteiger partial charge in [0.15, 0.2) is 0 Å². The Hall–Kier alpha value is -0.160. The van der Waals surface area contributed by atoms with Gasteiger partial charge < -0.3 is 14.7 Å². The molecule has 0 radical (unpaired) electrons. The van der Waals surface area contributed by atoms with Crippen LogP contribution in [0.4, 0.5) is 0 Å². The van der Waals surface area contributed by atoms with E-state index in [2.05, 4.69) is 16.7 Å². The second-order valence-corrected chi connectivity index (χ2v) is 5.77. The molecular formula is C14H30N2O2. The molecule has 1 aliphatic rings. The highest BCUT2D eigenvalue weighted by Crippen LogP contribution is 2.13. The summed E-state index contributed by atoms with van der Waals surface area (Å²) < 4.78 is 5.83. The van der Waals surface area contributed by atoms with E-state index in [1.165, 1.54) is 26.1 Å². The summed E-state index contributed by atoms with van der Waals surface area (Å²) in [6.45, 7) is 14.2. The lowest BCUT2D eigenvalue weighted by Crippen LogP contribution is -2.47. The van der Waals surface area contributed by atoms with E-state index in [0.717, 1.165) is 26.2 Å². The lowest BCUT2D eigenvalue weighted by molar-refractivity contribution is -0.0430. The lowest BCUT2D eigenvalue weighted by Gasteiger charge is -2.35. The second kappa shape index (κ2) is 8.10. The van der Waals surface area contributed by atoms with Gasteiger partial charge in [0.1, 0.15) is 0 Å². The van der Waals surface area contributed by atoms with E-state index in [0.29, 0.717) is 6.42 Å². The molecule has 1 saturated heterocycles. The molecule has 1 fully saturated rings. The molecule has 0 amide bonds. The third-order valence-electron chi connectivity index (χ3n) is 3.62. The third kappa shape index (κ3) is 6.14. The van der Waals surface area contributed by atoms with E-state index in [1.807, 2.05) is 13.8 Å². The molecule has 108 valence electrons. The predicted octanol–water partition coefficient (Wildman–Crippen LogP) is 1.19. The number of ether oxygens (including phenoxy) is 1. The maximum atomic E-state index is 8.93. The van der Waals surface area contributed by atoms with Crippen LogP contribution in [0.15, 0.2) is 0 Å². The number of rotatable bonds is 8. The molecule has 0 atom stereocenters. The largest absolute Gasteiger partial charge is 0.396 e. The molecule has 4 nitrogen and oxygen atoms in total. The van der Waals surface area contributed by atoms with Gasteiger partial charge in [-0.15, -0.1) is 0 Å². The summed E-state index contributed by atoms with van der Waals surface area (Å²) in [6.07, 6.45) is 1.95. The maximum Gasteiger partial charge on any atom is 0.0649 e. The number of piperazine rings is 1. The van der Waals surface area contributed by atoms with Gasteiger partial charge in [-0.05, 0) is 33.2 Å². The van der Waals surface area contributed by atoms with Crippen molar-refractivity contribution in [3.63, 3.8) is 0 Å². The Morgan fingerprint density at radius 2 is 1.61 bits per heavy atom.